The van der Waals surface area contributed by atoms with Crippen molar-refractivity contribution in [3.63, 3.8) is 0 Å². The lowest BCUT2D eigenvalue weighted by atomic mass is 9.64. The lowest BCUT2D eigenvalue weighted by Gasteiger charge is -2.41. The van der Waals surface area contributed by atoms with Crippen molar-refractivity contribution in [3.8, 4) is 0 Å². The highest BCUT2D eigenvalue weighted by Crippen LogP contribution is 2.47. The molecule has 0 amide bonds. The summed E-state index contributed by atoms with van der Waals surface area (Å²) in [4.78, 5) is 0. The van der Waals surface area contributed by atoms with Crippen LogP contribution in [0.3, 0.4) is 0 Å². The first kappa shape index (κ1) is 15.1. The molecule has 2 saturated carbocycles. The fraction of sp³-hybridized carbons (Fsp3) is 0.524. The molecular weight excluding hydrogens is 290 g/mol. The van der Waals surface area contributed by atoms with E-state index in [9.17, 15) is 8.78 Å². The molecule has 23 heavy (non-hydrogen) atoms. The van der Waals surface area contributed by atoms with Gasteiger partial charge in [-0.05, 0) is 84.9 Å². The van der Waals surface area contributed by atoms with Gasteiger partial charge in [-0.1, -0.05) is 25.5 Å². The number of fused-ring (bicyclic) bond motifs is 2. The van der Waals surface area contributed by atoms with E-state index in [1.165, 1.54) is 50.7 Å². The predicted octanol–water partition coefficient (Wildman–Crippen LogP) is 6.44. The normalized spacial score (nSPS) is 31.1. The third-order valence-corrected chi connectivity index (χ3v) is 6.23. The Hall–Kier alpha value is -1.44. The fourth-order valence-corrected chi connectivity index (χ4v) is 4.97. The second kappa shape index (κ2) is 5.89. The van der Waals surface area contributed by atoms with E-state index in [4.69, 9.17) is 0 Å². The smallest absolute Gasteiger partial charge is 0.131 e. The Labute approximate surface area is 136 Å². The van der Waals surface area contributed by atoms with Gasteiger partial charge in [0.25, 0.3) is 0 Å². The van der Waals surface area contributed by atoms with Crippen LogP contribution in [-0.2, 0) is 0 Å². The third-order valence-electron chi connectivity index (χ3n) is 6.23. The lowest BCUT2D eigenvalue weighted by Crippen LogP contribution is -2.29. The minimum Gasteiger partial charge on any atom is -0.207 e. The Morgan fingerprint density at radius 1 is 0.870 bits per heavy atom. The second-order valence-corrected chi connectivity index (χ2v) is 7.82. The summed E-state index contributed by atoms with van der Waals surface area (Å²) in [5.41, 5.74) is 1.11. The van der Waals surface area contributed by atoms with Gasteiger partial charge < -0.3 is 0 Å². The van der Waals surface area contributed by atoms with E-state index in [0.717, 1.165) is 28.7 Å². The Kier molecular flexibility index (Phi) is 3.87. The summed E-state index contributed by atoms with van der Waals surface area (Å²) in [5, 5.41) is 1.22. The van der Waals surface area contributed by atoms with Crippen LogP contribution in [0.2, 0.25) is 0 Å². The molecule has 0 saturated heterocycles. The largest absolute Gasteiger partial charge is 0.207 e. The molecular formula is C21H24F2. The molecule has 0 radical (unpaired) electrons. The number of halogens is 2. The average Bonchev–Trinajstić information content (AvgIpc) is 2.55. The van der Waals surface area contributed by atoms with E-state index < -0.39 is 0 Å². The molecule has 2 aromatic rings. The maximum atomic E-state index is 14.4. The van der Waals surface area contributed by atoms with Gasteiger partial charge in [-0.15, -0.1) is 0 Å². The minimum absolute atomic E-state index is 0.281. The van der Waals surface area contributed by atoms with Crippen molar-refractivity contribution < 1.29 is 8.78 Å². The van der Waals surface area contributed by atoms with E-state index >= 15 is 0 Å². The molecule has 0 N–H and O–H groups in total. The van der Waals surface area contributed by atoms with E-state index in [0.29, 0.717) is 11.3 Å². The van der Waals surface area contributed by atoms with Gasteiger partial charge in [0.15, 0.2) is 0 Å². The molecule has 0 heterocycles. The highest BCUT2D eigenvalue weighted by Gasteiger charge is 2.34. The molecule has 122 valence electrons. The third kappa shape index (κ3) is 2.88. The molecule has 2 unspecified atom stereocenters. The first-order chi connectivity index (χ1) is 11.1. The zero-order valence-electron chi connectivity index (χ0n) is 13.7. The van der Waals surface area contributed by atoms with E-state index in [-0.39, 0.29) is 11.6 Å². The number of hydrogen-bond acceptors (Lipinski definition) is 0. The quantitative estimate of drug-likeness (QED) is 0.568. The Bertz CT molecular complexity index is 721. The molecule has 2 aliphatic rings. The topological polar surface area (TPSA) is 0 Å². The van der Waals surface area contributed by atoms with E-state index in [1.807, 2.05) is 0 Å². The number of rotatable bonds is 1. The van der Waals surface area contributed by atoms with Crippen LogP contribution in [-0.4, -0.2) is 0 Å². The van der Waals surface area contributed by atoms with Crippen LogP contribution >= 0.6 is 0 Å². The molecule has 2 aromatic carbocycles. The van der Waals surface area contributed by atoms with Crippen LogP contribution in [0, 0.1) is 29.4 Å². The first-order valence-corrected chi connectivity index (χ1v) is 8.99. The Morgan fingerprint density at radius 3 is 2.52 bits per heavy atom. The van der Waals surface area contributed by atoms with Crippen molar-refractivity contribution in [1.29, 1.82) is 0 Å². The molecule has 4 atom stereocenters. The molecule has 0 aliphatic heterocycles. The van der Waals surface area contributed by atoms with Gasteiger partial charge in [0.1, 0.15) is 11.6 Å². The summed E-state index contributed by atoms with van der Waals surface area (Å²) in [6.07, 6.45) is 7.71. The van der Waals surface area contributed by atoms with Crippen molar-refractivity contribution in [2.45, 2.75) is 51.4 Å². The van der Waals surface area contributed by atoms with Crippen LogP contribution in [0.1, 0.15) is 56.9 Å². The molecule has 0 aromatic heterocycles. The van der Waals surface area contributed by atoms with Crippen LogP contribution in [0.5, 0.6) is 0 Å². The van der Waals surface area contributed by atoms with Gasteiger partial charge >= 0.3 is 0 Å². The van der Waals surface area contributed by atoms with E-state index in [1.54, 1.807) is 12.1 Å². The molecule has 2 aliphatic carbocycles. The van der Waals surface area contributed by atoms with Crippen molar-refractivity contribution in [2.24, 2.45) is 17.8 Å². The highest BCUT2D eigenvalue weighted by atomic mass is 19.1. The number of benzene rings is 2. The van der Waals surface area contributed by atoms with Gasteiger partial charge in [-0.25, -0.2) is 8.78 Å². The highest BCUT2D eigenvalue weighted by molar-refractivity contribution is 5.84. The molecule has 0 spiro atoms. The first-order valence-electron chi connectivity index (χ1n) is 8.99. The molecule has 4 rings (SSSR count). The van der Waals surface area contributed by atoms with Crippen molar-refractivity contribution >= 4 is 10.8 Å². The van der Waals surface area contributed by atoms with Gasteiger partial charge in [-0.2, -0.15) is 0 Å². The monoisotopic (exact) mass is 314 g/mol. The zero-order chi connectivity index (χ0) is 16.0. The van der Waals surface area contributed by atoms with Gasteiger partial charge in [-0.3, -0.25) is 0 Å². The van der Waals surface area contributed by atoms with Gasteiger partial charge in [0.2, 0.25) is 0 Å². The van der Waals surface area contributed by atoms with Crippen molar-refractivity contribution in [1.82, 2.24) is 0 Å². The summed E-state index contributed by atoms with van der Waals surface area (Å²) in [6.45, 7) is 2.38. The minimum atomic E-state index is -0.374. The van der Waals surface area contributed by atoms with Crippen LogP contribution < -0.4 is 0 Å². The van der Waals surface area contributed by atoms with Crippen molar-refractivity contribution in [3.05, 3.63) is 47.5 Å². The maximum absolute atomic E-state index is 14.4. The fourth-order valence-electron chi connectivity index (χ4n) is 4.97. The van der Waals surface area contributed by atoms with Gasteiger partial charge in [0, 0.05) is 5.39 Å². The van der Waals surface area contributed by atoms with Crippen molar-refractivity contribution in [2.75, 3.05) is 0 Å². The number of hydrogen-bond donors (Lipinski definition) is 0. The predicted molar refractivity (Wildman–Crippen MR) is 90.5 cm³/mol. The van der Waals surface area contributed by atoms with Crippen LogP contribution in [0.4, 0.5) is 8.78 Å². The average molecular weight is 314 g/mol. The molecule has 0 bridgehead atoms. The molecule has 2 fully saturated rings. The van der Waals surface area contributed by atoms with E-state index in [2.05, 4.69) is 13.0 Å². The SMILES string of the molecule is C[C@@H]1CC[C@@H]2CC(c3cc(F)c4cc(F)ccc4c3)CCC2C1. The van der Waals surface area contributed by atoms with Crippen LogP contribution in [0.25, 0.3) is 10.8 Å². The van der Waals surface area contributed by atoms with Gasteiger partial charge in [0.05, 0.1) is 0 Å². The summed E-state index contributed by atoms with van der Waals surface area (Å²) in [6, 6.07) is 8.15. The Balaban J connectivity index is 1.61. The summed E-state index contributed by atoms with van der Waals surface area (Å²) < 4.78 is 27.7. The summed E-state index contributed by atoms with van der Waals surface area (Å²) in [7, 11) is 0. The maximum Gasteiger partial charge on any atom is 0.131 e. The zero-order valence-corrected chi connectivity index (χ0v) is 13.7. The molecule has 0 nitrogen and oxygen atoms in total. The van der Waals surface area contributed by atoms with Crippen LogP contribution in [0.15, 0.2) is 30.3 Å². The molecule has 2 heteroatoms. The summed E-state index contributed by atoms with van der Waals surface area (Å²) in [5.74, 6) is 2.39. The standard InChI is InChI=1S/C21H24F2/c1-13-2-3-15-9-16(5-4-14(15)8-13)18-10-17-6-7-19(22)12-20(17)21(23)11-18/h6-7,10-16H,2-5,8-9H2,1H3/t13-,14?,15-,16?/m1/s1. The lowest BCUT2D eigenvalue weighted by molar-refractivity contribution is 0.124. The second-order valence-electron chi connectivity index (χ2n) is 7.82. The summed E-state index contributed by atoms with van der Waals surface area (Å²) >= 11 is 0. The Morgan fingerprint density at radius 2 is 1.65 bits per heavy atom.